The van der Waals surface area contributed by atoms with Gasteiger partial charge >= 0.3 is 0 Å². The summed E-state index contributed by atoms with van der Waals surface area (Å²) < 4.78 is 0. The molecule has 4 nitrogen and oxygen atoms in total. The Bertz CT molecular complexity index is 268. The van der Waals surface area contributed by atoms with Crippen molar-refractivity contribution < 1.29 is 9.90 Å². The summed E-state index contributed by atoms with van der Waals surface area (Å²) in [6, 6.07) is 0.324. The quantitative estimate of drug-likeness (QED) is 0.743. The molecule has 2 atom stereocenters. The topological polar surface area (TPSA) is 43.8 Å². The van der Waals surface area contributed by atoms with Gasteiger partial charge in [-0.05, 0) is 39.7 Å². The van der Waals surface area contributed by atoms with E-state index in [0.717, 1.165) is 32.4 Å². The van der Waals surface area contributed by atoms with Gasteiger partial charge in [0.25, 0.3) is 0 Å². The first-order valence-electron chi connectivity index (χ1n) is 6.32. The Labute approximate surface area is 97.2 Å². The average Bonchev–Trinajstić information content (AvgIpc) is 2.60. The number of aliphatic hydroxyl groups excluding tert-OH is 1. The molecule has 2 heterocycles. The Hall–Kier alpha value is -0.610. The van der Waals surface area contributed by atoms with Crippen LogP contribution in [0.15, 0.2) is 0 Å². The SMILES string of the molecule is CC(C)N1CCC(N2CCCC(O)C2)C1=O. The van der Waals surface area contributed by atoms with Gasteiger partial charge in [-0.1, -0.05) is 0 Å². The van der Waals surface area contributed by atoms with Gasteiger partial charge in [-0.25, -0.2) is 0 Å². The van der Waals surface area contributed by atoms with E-state index in [1.54, 1.807) is 0 Å². The maximum absolute atomic E-state index is 12.2. The summed E-state index contributed by atoms with van der Waals surface area (Å²) in [4.78, 5) is 16.3. The third-order valence-corrected chi connectivity index (χ3v) is 3.70. The number of aliphatic hydroxyl groups is 1. The zero-order valence-electron chi connectivity index (χ0n) is 10.2. The maximum atomic E-state index is 12.2. The Kier molecular flexibility index (Phi) is 3.50. The van der Waals surface area contributed by atoms with Crippen molar-refractivity contribution >= 4 is 5.91 Å². The fourth-order valence-electron chi connectivity index (χ4n) is 2.80. The number of amides is 1. The van der Waals surface area contributed by atoms with E-state index in [4.69, 9.17) is 0 Å². The molecule has 1 amide bonds. The first kappa shape index (κ1) is 11.9. The number of rotatable bonds is 2. The Morgan fingerprint density at radius 2 is 2.06 bits per heavy atom. The monoisotopic (exact) mass is 226 g/mol. The molecule has 2 fully saturated rings. The highest BCUT2D eigenvalue weighted by molar-refractivity contribution is 5.84. The molecule has 4 heteroatoms. The molecule has 1 N–H and O–H groups in total. The smallest absolute Gasteiger partial charge is 0.240 e. The normalized spacial score (nSPS) is 32.8. The van der Waals surface area contributed by atoms with Crippen molar-refractivity contribution in [3.63, 3.8) is 0 Å². The summed E-state index contributed by atoms with van der Waals surface area (Å²) in [5.41, 5.74) is 0. The lowest BCUT2D eigenvalue weighted by Crippen LogP contribution is -2.48. The summed E-state index contributed by atoms with van der Waals surface area (Å²) in [6.07, 6.45) is 2.57. The van der Waals surface area contributed by atoms with Crippen LogP contribution in [0.4, 0.5) is 0 Å². The Morgan fingerprint density at radius 1 is 1.31 bits per heavy atom. The molecule has 0 radical (unpaired) electrons. The van der Waals surface area contributed by atoms with Crippen LogP contribution in [0, 0.1) is 0 Å². The van der Waals surface area contributed by atoms with Crippen LogP contribution in [-0.4, -0.2) is 58.6 Å². The van der Waals surface area contributed by atoms with E-state index >= 15 is 0 Å². The summed E-state index contributed by atoms with van der Waals surface area (Å²) in [6.45, 7) is 6.62. The third-order valence-electron chi connectivity index (χ3n) is 3.70. The molecule has 0 aromatic rings. The van der Waals surface area contributed by atoms with Crippen LogP contribution in [0.1, 0.15) is 33.1 Å². The van der Waals surface area contributed by atoms with E-state index in [0.29, 0.717) is 12.6 Å². The molecule has 2 unspecified atom stereocenters. The van der Waals surface area contributed by atoms with Crippen LogP contribution in [0.2, 0.25) is 0 Å². The molecular formula is C12H22N2O2. The minimum atomic E-state index is -0.241. The molecule has 0 aliphatic carbocycles. The highest BCUT2D eigenvalue weighted by Gasteiger charge is 2.38. The largest absolute Gasteiger partial charge is 0.392 e. The van der Waals surface area contributed by atoms with Crippen LogP contribution >= 0.6 is 0 Å². The lowest BCUT2D eigenvalue weighted by molar-refractivity contribution is -0.134. The zero-order valence-corrected chi connectivity index (χ0v) is 10.2. The molecule has 0 saturated carbocycles. The van der Waals surface area contributed by atoms with Crippen LogP contribution in [-0.2, 0) is 4.79 Å². The van der Waals surface area contributed by atoms with E-state index in [2.05, 4.69) is 18.7 Å². The second kappa shape index (κ2) is 4.72. The molecule has 0 aromatic heterocycles. The highest BCUT2D eigenvalue weighted by atomic mass is 16.3. The van der Waals surface area contributed by atoms with Gasteiger partial charge in [0, 0.05) is 19.1 Å². The van der Waals surface area contributed by atoms with Crippen LogP contribution < -0.4 is 0 Å². The predicted molar refractivity (Wildman–Crippen MR) is 62.1 cm³/mol. The van der Waals surface area contributed by atoms with Crippen LogP contribution in [0.3, 0.4) is 0 Å². The van der Waals surface area contributed by atoms with Gasteiger partial charge in [0.2, 0.25) is 5.91 Å². The standard InChI is InChI=1S/C12H22N2O2/c1-9(2)14-7-5-11(12(14)16)13-6-3-4-10(15)8-13/h9-11,15H,3-8H2,1-2H3. The molecule has 2 aliphatic rings. The van der Waals surface area contributed by atoms with Crippen molar-refractivity contribution in [2.75, 3.05) is 19.6 Å². The molecule has 92 valence electrons. The second-order valence-electron chi connectivity index (χ2n) is 5.22. The number of piperidine rings is 1. The third kappa shape index (κ3) is 2.23. The number of carbonyl (C=O) groups excluding carboxylic acids is 1. The molecule has 0 spiro atoms. The van der Waals surface area contributed by atoms with Gasteiger partial charge in [0.05, 0.1) is 12.1 Å². The first-order valence-corrected chi connectivity index (χ1v) is 6.32. The van der Waals surface area contributed by atoms with Crippen molar-refractivity contribution in [3.05, 3.63) is 0 Å². The van der Waals surface area contributed by atoms with Crippen LogP contribution in [0.25, 0.3) is 0 Å². The maximum Gasteiger partial charge on any atom is 0.240 e. The van der Waals surface area contributed by atoms with Gasteiger partial charge in [-0.15, -0.1) is 0 Å². The predicted octanol–water partition coefficient (Wildman–Crippen LogP) is 0.452. The molecule has 0 bridgehead atoms. The molecule has 0 aromatic carbocycles. The van der Waals surface area contributed by atoms with Gasteiger partial charge in [-0.3, -0.25) is 9.69 Å². The lowest BCUT2D eigenvalue weighted by atomic mass is 10.1. The average molecular weight is 226 g/mol. The zero-order chi connectivity index (χ0) is 11.7. The van der Waals surface area contributed by atoms with E-state index in [1.807, 2.05) is 4.90 Å². The summed E-state index contributed by atoms with van der Waals surface area (Å²) in [5, 5.41) is 9.63. The molecule has 2 rings (SSSR count). The van der Waals surface area contributed by atoms with Crippen molar-refractivity contribution in [3.8, 4) is 0 Å². The number of hydrogen-bond acceptors (Lipinski definition) is 3. The van der Waals surface area contributed by atoms with E-state index in [-0.39, 0.29) is 18.1 Å². The Morgan fingerprint density at radius 3 is 2.62 bits per heavy atom. The highest BCUT2D eigenvalue weighted by Crippen LogP contribution is 2.22. The second-order valence-corrected chi connectivity index (χ2v) is 5.22. The minimum absolute atomic E-state index is 0.0253. The number of β-amino-alcohol motifs (C(OH)–C–C–N with tert-alkyl or cyclic N) is 1. The number of hydrogen-bond donors (Lipinski definition) is 1. The molecule has 2 aliphatic heterocycles. The number of likely N-dealkylation sites (tertiary alicyclic amines) is 2. The minimum Gasteiger partial charge on any atom is -0.392 e. The van der Waals surface area contributed by atoms with Crippen molar-refractivity contribution in [1.29, 1.82) is 0 Å². The fraction of sp³-hybridized carbons (Fsp3) is 0.917. The van der Waals surface area contributed by atoms with Gasteiger partial charge in [-0.2, -0.15) is 0 Å². The molecule has 16 heavy (non-hydrogen) atoms. The Balaban J connectivity index is 1.98. The fourth-order valence-corrected chi connectivity index (χ4v) is 2.80. The van der Waals surface area contributed by atoms with Crippen LogP contribution in [0.5, 0.6) is 0 Å². The molecule has 2 saturated heterocycles. The van der Waals surface area contributed by atoms with Gasteiger partial charge in [0.15, 0.2) is 0 Å². The van der Waals surface area contributed by atoms with E-state index in [1.165, 1.54) is 0 Å². The van der Waals surface area contributed by atoms with Gasteiger partial charge in [0.1, 0.15) is 0 Å². The summed E-state index contributed by atoms with van der Waals surface area (Å²) >= 11 is 0. The van der Waals surface area contributed by atoms with Crippen molar-refractivity contribution in [2.24, 2.45) is 0 Å². The van der Waals surface area contributed by atoms with Crippen molar-refractivity contribution in [1.82, 2.24) is 9.80 Å². The first-order chi connectivity index (χ1) is 7.59. The summed E-state index contributed by atoms with van der Waals surface area (Å²) in [5.74, 6) is 0.254. The number of carbonyl (C=O) groups is 1. The van der Waals surface area contributed by atoms with E-state index < -0.39 is 0 Å². The van der Waals surface area contributed by atoms with Crippen molar-refractivity contribution in [2.45, 2.75) is 51.3 Å². The lowest BCUT2D eigenvalue weighted by Gasteiger charge is -2.34. The van der Waals surface area contributed by atoms with E-state index in [9.17, 15) is 9.90 Å². The molecular weight excluding hydrogens is 204 g/mol. The summed E-state index contributed by atoms with van der Waals surface area (Å²) in [7, 11) is 0. The number of nitrogens with zero attached hydrogens (tertiary/aromatic N) is 2. The van der Waals surface area contributed by atoms with Gasteiger partial charge < -0.3 is 10.0 Å².